The number of benzene rings is 1. The second-order valence-corrected chi connectivity index (χ2v) is 6.56. The molecule has 2 heterocycles. The van der Waals surface area contributed by atoms with E-state index >= 15 is 0 Å². The van der Waals surface area contributed by atoms with Gasteiger partial charge in [0.2, 0.25) is 5.91 Å². The molecular weight excluding hydrogens is 324 g/mol. The van der Waals surface area contributed by atoms with Crippen molar-refractivity contribution in [2.75, 3.05) is 26.7 Å². The van der Waals surface area contributed by atoms with Gasteiger partial charge in [-0.25, -0.2) is 4.79 Å². The standard InChI is InChI=1S/C17H22N4O4/c1-17(11-3-5-13(25-2)6-4-11)15(23)21(16(24)19-17)10-14(22)20-8-7-12(18)9-20/h3-6,12H,7-10,18H2,1-2H3,(H,19,24)/t12-,17?/m1/s1. The molecule has 0 spiro atoms. The van der Waals surface area contributed by atoms with Crippen molar-refractivity contribution in [2.45, 2.75) is 24.9 Å². The first-order chi connectivity index (χ1) is 11.8. The molecule has 0 aromatic heterocycles. The topological polar surface area (TPSA) is 105 Å². The van der Waals surface area contributed by atoms with Gasteiger partial charge in [0.1, 0.15) is 17.8 Å². The lowest BCUT2D eigenvalue weighted by Gasteiger charge is -2.23. The first-order valence-electron chi connectivity index (χ1n) is 8.17. The second kappa shape index (κ2) is 6.36. The van der Waals surface area contributed by atoms with E-state index in [0.29, 0.717) is 24.4 Å². The van der Waals surface area contributed by atoms with Gasteiger partial charge in [0, 0.05) is 19.1 Å². The monoisotopic (exact) mass is 346 g/mol. The number of amides is 4. The molecule has 3 rings (SSSR count). The van der Waals surface area contributed by atoms with Crippen LogP contribution in [0.2, 0.25) is 0 Å². The number of rotatable bonds is 4. The Bertz CT molecular complexity index is 705. The van der Waals surface area contributed by atoms with Crippen molar-refractivity contribution in [3.8, 4) is 5.75 Å². The quantitative estimate of drug-likeness (QED) is 0.748. The SMILES string of the molecule is COc1ccc(C2(C)NC(=O)N(CC(=O)N3CC[C@@H](N)C3)C2=O)cc1. The maximum absolute atomic E-state index is 12.8. The number of carbonyl (C=O) groups is 3. The summed E-state index contributed by atoms with van der Waals surface area (Å²) in [6.45, 7) is 2.37. The van der Waals surface area contributed by atoms with Gasteiger partial charge in [-0.05, 0) is 31.0 Å². The van der Waals surface area contributed by atoms with Crippen LogP contribution in [-0.4, -0.2) is 60.4 Å². The van der Waals surface area contributed by atoms with E-state index in [0.717, 1.165) is 11.3 Å². The maximum Gasteiger partial charge on any atom is 0.325 e. The van der Waals surface area contributed by atoms with Gasteiger partial charge < -0.3 is 20.7 Å². The molecule has 8 nitrogen and oxygen atoms in total. The molecule has 1 aromatic carbocycles. The van der Waals surface area contributed by atoms with Crippen molar-refractivity contribution in [3.05, 3.63) is 29.8 Å². The van der Waals surface area contributed by atoms with Crippen molar-refractivity contribution in [2.24, 2.45) is 5.73 Å². The second-order valence-electron chi connectivity index (χ2n) is 6.56. The molecule has 2 aliphatic heterocycles. The molecule has 1 unspecified atom stereocenters. The van der Waals surface area contributed by atoms with E-state index in [1.165, 1.54) is 0 Å². The Labute approximate surface area is 145 Å². The molecule has 2 fully saturated rings. The molecule has 0 radical (unpaired) electrons. The summed E-state index contributed by atoms with van der Waals surface area (Å²) in [5.41, 5.74) is 5.23. The predicted octanol–water partition coefficient (Wildman–Crippen LogP) is 0.0218. The van der Waals surface area contributed by atoms with Crippen LogP contribution in [-0.2, 0) is 15.1 Å². The fraction of sp³-hybridized carbons (Fsp3) is 0.471. The largest absolute Gasteiger partial charge is 0.497 e. The van der Waals surface area contributed by atoms with Crippen LogP contribution in [0.4, 0.5) is 4.79 Å². The van der Waals surface area contributed by atoms with Gasteiger partial charge in [-0.15, -0.1) is 0 Å². The number of urea groups is 1. The average Bonchev–Trinajstić information content (AvgIpc) is 3.13. The van der Waals surface area contributed by atoms with Crippen LogP contribution in [0.3, 0.4) is 0 Å². The van der Waals surface area contributed by atoms with Crippen molar-refractivity contribution in [3.63, 3.8) is 0 Å². The number of nitrogens with zero attached hydrogens (tertiary/aromatic N) is 2. The Hall–Kier alpha value is -2.61. The molecule has 0 aliphatic carbocycles. The number of imide groups is 1. The highest BCUT2D eigenvalue weighted by atomic mass is 16.5. The van der Waals surface area contributed by atoms with E-state index in [2.05, 4.69) is 5.32 Å². The fourth-order valence-corrected chi connectivity index (χ4v) is 3.21. The minimum absolute atomic E-state index is 0.0448. The van der Waals surface area contributed by atoms with E-state index in [1.54, 1.807) is 43.2 Å². The van der Waals surface area contributed by atoms with Crippen molar-refractivity contribution in [1.29, 1.82) is 0 Å². The normalized spacial score (nSPS) is 26.1. The zero-order valence-corrected chi connectivity index (χ0v) is 14.3. The van der Waals surface area contributed by atoms with Crippen LogP contribution in [0.1, 0.15) is 18.9 Å². The van der Waals surface area contributed by atoms with Crippen LogP contribution in [0, 0.1) is 0 Å². The summed E-state index contributed by atoms with van der Waals surface area (Å²) < 4.78 is 5.11. The Balaban J connectivity index is 1.75. The molecule has 3 N–H and O–H groups in total. The molecule has 4 amide bonds. The molecule has 1 aromatic rings. The van der Waals surface area contributed by atoms with E-state index in [1.807, 2.05) is 0 Å². The third kappa shape index (κ3) is 3.05. The van der Waals surface area contributed by atoms with Gasteiger partial charge in [0.15, 0.2) is 0 Å². The fourth-order valence-electron chi connectivity index (χ4n) is 3.21. The van der Waals surface area contributed by atoms with Crippen LogP contribution in [0.5, 0.6) is 5.75 Å². The number of hydrogen-bond acceptors (Lipinski definition) is 5. The van der Waals surface area contributed by atoms with E-state index in [9.17, 15) is 14.4 Å². The number of nitrogens with one attached hydrogen (secondary N) is 1. The first-order valence-corrected chi connectivity index (χ1v) is 8.17. The lowest BCUT2D eigenvalue weighted by Crippen LogP contribution is -2.44. The third-order valence-electron chi connectivity index (χ3n) is 4.81. The summed E-state index contributed by atoms with van der Waals surface area (Å²) in [7, 11) is 1.55. The Kier molecular flexibility index (Phi) is 4.38. The predicted molar refractivity (Wildman–Crippen MR) is 89.8 cm³/mol. The van der Waals surface area contributed by atoms with Crippen molar-refractivity contribution in [1.82, 2.24) is 15.1 Å². The van der Waals surface area contributed by atoms with Crippen LogP contribution < -0.4 is 15.8 Å². The van der Waals surface area contributed by atoms with Gasteiger partial charge >= 0.3 is 6.03 Å². The van der Waals surface area contributed by atoms with Gasteiger partial charge in [-0.1, -0.05) is 12.1 Å². The summed E-state index contributed by atoms with van der Waals surface area (Å²) in [6, 6.07) is 6.28. The summed E-state index contributed by atoms with van der Waals surface area (Å²) in [5.74, 6) is -0.0588. The van der Waals surface area contributed by atoms with Gasteiger partial charge in [-0.3, -0.25) is 14.5 Å². The molecule has 2 atom stereocenters. The highest BCUT2D eigenvalue weighted by Gasteiger charge is 2.49. The number of ether oxygens (including phenoxy) is 1. The smallest absolute Gasteiger partial charge is 0.325 e. The molecular formula is C17H22N4O4. The van der Waals surface area contributed by atoms with E-state index in [-0.39, 0.29) is 18.5 Å². The number of methoxy groups -OCH3 is 1. The summed E-state index contributed by atoms with van der Waals surface area (Å²) in [6.07, 6.45) is 0.732. The van der Waals surface area contributed by atoms with E-state index in [4.69, 9.17) is 10.5 Å². The molecule has 2 saturated heterocycles. The number of carbonyl (C=O) groups excluding carboxylic acids is 3. The number of nitrogens with two attached hydrogens (primary N) is 1. The number of hydrogen-bond donors (Lipinski definition) is 2. The lowest BCUT2D eigenvalue weighted by molar-refractivity contribution is -0.138. The third-order valence-corrected chi connectivity index (χ3v) is 4.81. The minimum atomic E-state index is -1.20. The van der Waals surface area contributed by atoms with Gasteiger partial charge in [-0.2, -0.15) is 0 Å². The Morgan fingerprint density at radius 3 is 2.60 bits per heavy atom. The lowest BCUT2D eigenvalue weighted by atomic mass is 9.92. The van der Waals surface area contributed by atoms with Crippen LogP contribution >= 0.6 is 0 Å². The average molecular weight is 346 g/mol. The zero-order chi connectivity index (χ0) is 18.2. The summed E-state index contributed by atoms with van der Waals surface area (Å²) in [4.78, 5) is 40.0. The minimum Gasteiger partial charge on any atom is -0.497 e. The summed E-state index contributed by atoms with van der Waals surface area (Å²) in [5, 5.41) is 2.69. The molecule has 25 heavy (non-hydrogen) atoms. The highest BCUT2D eigenvalue weighted by Crippen LogP contribution is 2.30. The molecule has 2 aliphatic rings. The number of likely N-dealkylation sites (tertiary alicyclic amines) is 1. The van der Waals surface area contributed by atoms with E-state index < -0.39 is 17.5 Å². The van der Waals surface area contributed by atoms with Crippen molar-refractivity contribution >= 4 is 17.8 Å². The zero-order valence-electron chi connectivity index (χ0n) is 14.3. The molecule has 0 saturated carbocycles. The van der Waals surface area contributed by atoms with Crippen LogP contribution in [0.25, 0.3) is 0 Å². The van der Waals surface area contributed by atoms with Crippen molar-refractivity contribution < 1.29 is 19.1 Å². The van der Waals surface area contributed by atoms with Gasteiger partial charge in [0.05, 0.1) is 7.11 Å². The molecule has 8 heteroatoms. The Morgan fingerprint density at radius 2 is 2.04 bits per heavy atom. The first kappa shape index (κ1) is 17.2. The van der Waals surface area contributed by atoms with Crippen LogP contribution in [0.15, 0.2) is 24.3 Å². The maximum atomic E-state index is 12.8. The molecule has 0 bridgehead atoms. The van der Waals surface area contributed by atoms with Gasteiger partial charge in [0.25, 0.3) is 5.91 Å². The summed E-state index contributed by atoms with van der Waals surface area (Å²) >= 11 is 0. The highest BCUT2D eigenvalue weighted by molar-refractivity contribution is 6.09. The Morgan fingerprint density at radius 1 is 1.36 bits per heavy atom. The molecule has 134 valence electrons.